The zero-order chi connectivity index (χ0) is 10.6. The zero-order valence-electron chi connectivity index (χ0n) is 8.91. The average molecular weight is 200 g/mol. The summed E-state index contributed by atoms with van der Waals surface area (Å²) >= 11 is 0. The maximum Gasteiger partial charge on any atom is 0.0461 e. The lowest BCUT2D eigenvalue weighted by Gasteiger charge is -2.43. The Hall–Kier alpha value is -0.160. The van der Waals surface area contributed by atoms with Crippen LogP contribution in [0.25, 0.3) is 0 Å². The van der Waals surface area contributed by atoms with E-state index in [0.29, 0.717) is 6.54 Å². The van der Waals surface area contributed by atoms with E-state index in [1.807, 2.05) is 0 Å². The molecule has 0 aromatic carbocycles. The largest absolute Gasteiger partial charge is 0.330 e. The van der Waals surface area contributed by atoms with Crippen molar-refractivity contribution in [2.24, 2.45) is 22.9 Å². The van der Waals surface area contributed by atoms with E-state index in [1.165, 1.54) is 6.42 Å². The lowest BCUT2D eigenvalue weighted by molar-refractivity contribution is 0.203. The van der Waals surface area contributed by atoms with Gasteiger partial charge in [-0.3, -0.25) is 0 Å². The van der Waals surface area contributed by atoms with Gasteiger partial charge in [0.2, 0.25) is 0 Å². The Balaban J connectivity index is 2.52. The number of nitrogens with two attached hydrogens (primary N) is 4. The molecule has 14 heavy (non-hydrogen) atoms. The van der Waals surface area contributed by atoms with Crippen LogP contribution >= 0.6 is 0 Å². The molecule has 0 bridgehead atoms. The van der Waals surface area contributed by atoms with Crippen molar-refractivity contribution in [2.75, 3.05) is 6.54 Å². The Labute approximate surface area is 86.4 Å². The van der Waals surface area contributed by atoms with Crippen LogP contribution in [0, 0.1) is 0 Å². The molecule has 0 amide bonds. The van der Waals surface area contributed by atoms with Crippen molar-refractivity contribution in [1.29, 1.82) is 0 Å². The van der Waals surface area contributed by atoms with Crippen LogP contribution in [-0.4, -0.2) is 24.2 Å². The van der Waals surface area contributed by atoms with Crippen molar-refractivity contribution in [2.45, 2.75) is 56.1 Å². The summed E-state index contributed by atoms with van der Waals surface area (Å²) in [5.74, 6) is 0. The molecule has 8 N–H and O–H groups in total. The molecule has 1 saturated carbocycles. The van der Waals surface area contributed by atoms with E-state index < -0.39 is 0 Å². The third-order valence-electron chi connectivity index (χ3n) is 3.47. The van der Waals surface area contributed by atoms with E-state index in [2.05, 4.69) is 0 Å². The summed E-state index contributed by atoms with van der Waals surface area (Å²) in [6, 6.07) is 0.0605. The molecule has 1 rings (SSSR count). The van der Waals surface area contributed by atoms with Crippen LogP contribution in [0.2, 0.25) is 0 Å². The van der Waals surface area contributed by atoms with Crippen LogP contribution in [0.1, 0.15) is 38.5 Å². The summed E-state index contributed by atoms with van der Waals surface area (Å²) in [6.45, 7) is 0.680. The molecular formula is C10H24N4. The first-order valence-corrected chi connectivity index (χ1v) is 5.61. The lowest BCUT2D eigenvalue weighted by Crippen LogP contribution is -2.66. The van der Waals surface area contributed by atoms with Gasteiger partial charge in [0.15, 0.2) is 0 Å². The molecule has 0 spiro atoms. The minimum absolute atomic E-state index is 0.00125. The summed E-state index contributed by atoms with van der Waals surface area (Å²) in [6.07, 6.45) is 6.13. The van der Waals surface area contributed by atoms with Crippen molar-refractivity contribution in [3.8, 4) is 0 Å². The fourth-order valence-corrected chi connectivity index (χ4v) is 2.32. The predicted molar refractivity (Wildman–Crippen MR) is 59.6 cm³/mol. The van der Waals surface area contributed by atoms with E-state index in [-0.39, 0.29) is 17.6 Å². The minimum atomic E-state index is -0.354. The molecule has 1 fully saturated rings. The van der Waals surface area contributed by atoms with Crippen LogP contribution in [-0.2, 0) is 0 Å². The molecule has 0 aliphatic heterocycles. The van der Waals surface area contributed by atoms with Gasteiger partial charge in [-0.05, 0) is 32.2 Å². The average Bonchev–Trinajstić information content (AvgIpc) is 2.19. The summed E-state index contributed by atoms with van der Waals surface area (Å²) in [4.78, 5) is 0. The first kappa shape index (κ1) is 11.9. The van der Waals surface area contributed by atoms with Crippen LogP contribution in [0.3, 0.4) is 0 Å². The van der Waals surface area contributed by atoms with Gasteiger partial charge in [-0.15, -0.1) is 0 Å². The molecule has 3 atom stereocenters. The van der Waals surface area contributed by atoms with Crippen LogP contribution in [0.4, 0.5) is 0 Å². The second-order valence-electron chi connectivity index (χ2n) is 4.50. The molecule has 0 aromatic rings. The van der Waals surface area contributed by atoms with Crippen molar-refractivity contribution in [3.05, 3.63) is 0 Å². The quantitative estimate of drug-likeness (QED) is 0.498. The van der Waals surface area contributed by atoms with Gasteiger partial charge in [-0.25, -0.2) is 0 Å². The second-order valence-corrected chi connectivity index (χ2v) is 4.50. The Bertz CT molecular complexity index is 174. The van der Waals surface area contributed by atoms with Gasteiger partial charge in [-0.1, -0.05) is 12.8 Å². The Morgan fingerprint density at radius 2 is 2.07 bits per heavy atom. The molecule has 0 heterocycles. The third kappa shape index (κ3) is 2.45. The molecule has 4 nitrogen and oxygen atoms in total. The minimum Gasteiger partial charge on any atom is -0.330 e. The van der Waals surface area contributed by atoms with E-state index in [9.17, 15) is 0 Å². The molecule has 84 valence electrons. The van der Waals surface area contributed by atoms with Gasteiger partial charge in [0.1, 0.15) is 0 Å². The van der Waals surface area contributed by atoms with Gasteiger partial charge < -0.3 is 22.9 Å². The third-order valence-corrected chi connectivity index (χ3v) is 3.47. The SMILES string of the molecule is NCCCC(N)C1(N)CCCCC1N. The molecule has 3 unspecified atom stereocenters. The fraction of sp³-hybridized carbons (Fsp3) is 1.00. The maximum atomic E-state index is 6.30. The monoisotopic (exact) mass is 200 g/mol. The molecular weight excluding hydrogens is 176 g/mol. The topological polar surface area (TPSA) is 104 Å². The van der Waals surface area contributed by atoms with E-state index >= 15 is 0 Å². The fourth-order valence-electron chi connectivity index (χ4n) is 2.32. The lowest BCUT2D eigenvalue weighted by atomic mass is 9.73. The highest BCUT2D eigenvalue weighted by atomic mass is 14.9. The van der Waals surface area contributed by atoms with Crippen LogP contribution < -0.4 is 22.9 Å². The van der Waals surface area contributed by atoms with Crippen LogP contribution in [0.5, 0.6) is 0 Å². The molecule has 0 radical (unpaired) electrons. The first-order valence-electron chi connectivity index (χ1n) is 5.61. The Morgan fingerprint density at radius 1 is 1.36 bits per heavy atom. The van der Waals surface area contributed by atoms with Gasteiger partial charge in [0.25, 0.3) is 0 Å². The van der Waals surface area contributed by atoms with Gasteiger partial charge in [0.05, 0.1) is 0 Å². The van der Waals surface area contributed by atoms with Crippen molar-refractivity contribution in [1.82, 2.24) is 0 Å². The highest BCUT2D eigenvalue weighted by Gasteiger charge is 2.39. The zero-order valence-corrected chi connectivity index (χ0v) is 8.91. The van der Waals surface area contributed by atoms with Crippen molar-refractivity contribution >= 4 is 0 Å². The highest BCUT2D eigenvalue weighted by Crippen LogP contribution is 2.28. The molecule has 4 heteroatoms. The standard InChI is InChI=1S/C10H24N4/c11-7-3-5-9(13)10(14)6-2-1-4-8(10)12/h8-9H,1-7,11-14H2. The smallest absolute Gasteiger partial charge is 0.0461 e. The second kappa shape index (κ2) is 5.07. The Kier molecular flexibility index (Phi) is 4.31. The Morgan fingerprint density at radius 3 is 2.64 bits per heavy atom. The summed E-state index contributed by atoms with van der Waals surface area (Å²) < 4.78 is 0. The molecule has 0 saturated heterocycles. The van der Waals surface area contributed by atoms with Crippen molar-refractivity contribution in [3.63, 3.8) is 0 Å². The normalized spacial score (nSPS) is 35.6. The van der Waals surface area contributed by atoms with Crippen molar-refractivity contribution < 1.29 is 0 Å². The molecule has 1 aliphatic carbocycles. The van der Waals surface area contributed by atoms with E-state index in [0.717, 1.165) is 32.1 Å². The summed E-state index contributed by atoms with van der Waals surface area (Å²) in [5.41, 5.74) is 23.5. The summed E-state index contributed by atoms with van der Waals surface area (Å²) in [5, 5.41) is 0. The summed E-state index contributed by atoms with van der Waals surface area (Å²) in [7, 11) is 0. The predicted octanol–water partition coefficient (Wildman–Crippen LogP) is -0.349. The van der Waals surface area contributed by atoms with E-state index in [4.69, 9.17) is 22.9 Å². The van der Waals surface area contributed by atoms with E-state index in [1.54, 1.807) is 0 Å². The number of rotatable bonds is 4. The van der Waals surface area contributed by atoms with Gasteiger partial charge in [-0.2, -0.15) is 0 Å². The molecule has 0 aromatic heterocycles. The highest BCUT2D eigenvalue weighted by molar-refractivity contribution is 5.04. The van der Waals surface area contributed by atoms with Gasteiger partial charge in [0, 0.05) is 17.6 Å². The molecule has 1 aliphatic rings. The number of hydrogen-bond donors (Lipinski definition) is 4. The van der Waals surface area contributed by atoms with Crippen LogP contribution in [0.15, 0.2) is 0 Å². The number of hydrogen-bond acceptors (Lipinski definition) is 4. The first-order chi connectivity index (χ1) is 6.61. The maximum absolute atomic E-state index is 6.30. The van der Waals surface area contributed by atoms with Gasteiger partial charge >= 0.3 is 0 Å².